The molecule has 98 valence electrons. The molecule has 0 saturated carbocycles. The lowest BCUT2D eigenvalue weighted by molar-refractivity contribution is -0.129. The number of likely N-dealkylation sites (N-methyl/N-ethyl adjacent to an activating group) is 1. The predicted octanol–water partition coefficient (Wildman–Crippen LogP) is 1.07. The van der Waals surface area contributed by atoms with Crippen molar-refractivity contribution in [1.29, 1.82) is 0 Å². The van der Waals surface area contributed by atoms with Crippen molar-refractivity contribution in [3.63, 3.8) is 0 Å². The lowest BCUT2D eigenvalue weighted by atomic mass is 10.1. The SMILES string of the molecule is CC(C(=O)N(C)C)N1CCNCc2ccccc21. The monoisotopic (exact) mass is 247 g/mol. The summed E-state index contributed by atoms with van der Waals surface area (Å²) in [6.07, 6.45) is 0. The summed E-state index contributed by atoms with van der Waals surface area (Å²) in [5.41, 5.74) is 2.43. The van der Waals surface area contributed by atoms with Gasteiger partial charge in [-0.1, -0.05) is 18.2 Å². The second-order valence-electron chi connectivity index (χ2n) is 4.91. The zero-order valence-electron chi connectivity index (χ0n) is 11.3. The van der Waals surface area contributed by atoms with E-state index in [1.165, 1.54) is 11.3 Å². The first-order chi connectivity index (χ1) is 8.61. The van der Waals surface area contributed by atoms with Gasteiger partial charge in [-0.3, -0.25) is 4.79 Å². The van der Waals surface area contributed by atoms with Crippen LogP contribution in [0.25, 0.3) is 0 Å². The predicted molar refractivity (Wildman–Crippen MR) is 73.7 cm³/mol. The van der Waals surface area contributed by atoms with E-state index in [9.17, 15) is 4.79 Å². The van der Waals surface area contributed by atoms with E-state index in [2.05, 4.69) is 22.3 Å². The van der Waals surface area contributed by atoms with E-state index < -0.39 is 0 Å². The van der Waals surface area contributed by atoms with Crippen LogP contribution in [0.5, 0.6) is 0 Å². The van der Waals surface area contributed by atoms with E-state index >= 15 is 0 Å². The van der Waals surface area contributed by atoms with E-state index in [1.807, 2.05) is 19.1 Å². The van der Waals surface area contributed by atoms with Crippen LogP contribution in [0, 0.1) is 0 Å². The zero-order valence-corrected chi connectivity index (χ0v) is 11.3. The summed E-state index contributed by atoms with van der Waals surface area (Å²) in [6.45, 7) is 4.61. The molecule has 1 unspecified atom stereocenters. The molecule has 1 atom stereocenters. The van der Waals surface area contributed by atoms with Gasteiger partial charge in [0.2, 0.25) is 5.91 Å². The first-order valence-corrected chi connectivity index (χ1v) is 6.37. The fourth-order valence-electron chi connectivity index (χ4n) is 2.39. The van der Waals surface area contributed by atoms with Crippen LogP contribution in [0.3, 0.4) is 0 Å². The smallest absolute Gasteiger partial charge is 0.244 e. The van der Waals surface area contributed by atoms with E-state index in [-0.39, 0.29) is 11.9 Å². The van der Waals surface area contributed by atoms with Crippen LogP contribution in [-0.4, -0.2) is 44.0 Å². The molecule has 0 fully saturated rings. The Morgan fingerprint density at radius 1 is 1.39 bits per heavy atom. The highest BCUT2D eigenvalue weighted by molar-refractivity contribution is 5.85. The number of rotatable bonds is 2. The Morgan fingerprint density at radius 2 is 2.11 bits per heavy atom. The Hall–Kier alpha value is -1.55. The molecule has 4 nitrogen and oxygen atoms in total. The van der Waals surface area contributed by atoms with E-state index in [0.717, 1.165) is 19.6 Å². The van der Waals surface area contributed by atoms with Gasteiger partial charge in [0.1, 0.15) is 6.04 Å². The molecule has 1 N–H and O–H groups in total. The molecule has 2 rings (SSSR count). The average molecular weight is 247 g/mol. The fourth-order valence-corrected chi connectivity index (χ4v) is 2.39. The number of fused-ring (bicyclic) bond motifs is 1. The van der Waals surface area contributed by atoms with Crippen LogP contribution >= 0.6 is 0 Å². The molecule has 1 aliphatic rings. The Balaban J connectivity index is 2.30. The summed E-state index contributed by atoms with van der Waals surface area (Å²) in [7, 11) is 3.61. The van der Waals surface area contributed by atoms with Crippen molar-refractivity contribution in [1.82, 2.24) is 10.2 Å². The molecule has 4 heteroatoms. The average Bonchev–Trinajstić information content (AvgIpc) is 2.59. The maximum Gasteiger partial charge on any atom is 0.244 e. The van der Waals surface area contributed by atoms with Gasteiger partial charge in [-0.15, -0.1) is 0 Å². The third-order valence-electron chi connectivity index (χ3n) is 3.41. The highest BCUT2D eigenvalue weighted by Gasteiger charge is 2.25. The van der Waals surface area contributed by atoms with Gasteiger partial charge in [0.05, 0.1) is 0 Å². The molecule has 1 aliphatic heterocycles. The van der Waals surface area contributed by atoms with Crippen LogP contribution in [-0.2, 0) is 11.3 Å². The summed E-state index contributed by atoms with van der Waals surface area (Å²) in [4.78, 5) is 16.0. The van der Waals surface area contributed by atoms with Crippen LogP contribution in [0.15, 0.2) is 24.3 Å². The molecule has 0 saturated heterocycles. The Kier molecular flexibility index (Phi) is 3.87. The van der Waals surface area contributed by atoms with Crippen LogP contribution < -0.4 is 10.2 Å². The molecular formula is C14H21N3O. The van der Waals surface area contributed by atoms with Crippen molar-refractivity contribution in [3.05, 3.63) is 29.8 Å². The zero-order chi connectivity index (χ0) is 13.1. The molecule has 18 heavy (non-hydrogen) atoms. The molecule has 1 amide bonds. The quantitative estimate of drug-likeness (QED) is 0.849. The number of carbonyl (C=O) groups excluding carboxylic acids is 1. The van der Waals surface area contributed by atoms with Crippen molar-refractivity contribution >= 4 is 11.6 Å². The number of nitrogens with zero attached hydrogens (tertiary/aromatic N) is 2. The lowest BCUT2D eigenvalue weighted by Gasteiger charge is -2.31. The lowest BCUT2D eigenvalue weighted by Crippen LogP contribution is -2.46. The highest BCUT2D eigenvalue weighted by atomic mass is 16.2. The Bertz CT molecular complexity index is 431. The van der Waals surface area contributed by atoms with Gasteiger partial charge in [0.25, 0.3) is 0 Å². The number of amides is 1. The van der Waals surface area contributed by atoms with Gasteiger partial charge in [-0.25, -0.2) is 0 Å². The number of anilines is 1. The third-order valence-corrected chi connectivity index (χ3v) is 3.41. The maximum absolute atomic E-state index is 12.1. The Labute approximate surface area is 109 Å². The normalized spacial score (nSPS) is 16.7. The van der Waals surface area contributed by atoms with Gasteiger partial charge in [-0.05, 0) is 18.6 Å². The van der Waals surface area contributed by atoms with Gasteiger partial charge in [-0.2, -0.15) is 0 Å². The van der Waals surface area contributed by atoms with Crippen LogP contribution in [0.4, 0.5) is 5.69 Å². The van der Waals surface area contributed by atoms with Gasteiger partial charge < -0.3 is 15.1 Å². The molecule has 0 aromatic heterocycles. The number of para-hydroxylation sites is 1. The first-order valence-electron chi connectivity index (χ1n) is 6.37. The number of hydrogen-bond donors (Lipinski definition) is 1. The van der Waals surface area contributed by atoms with Gasteiger partial charge in [0, 0.05) is 39.4 Å². The first kappa shape index (κ1) is 12.9. The number of hydrogen-bond acceptors (Lipinski definition) is 3. The van der Waals surface area contributed by atoms with E-state index in [1.54, 1.807) is 19.0 Å². The van der Waals surface area contributed by atoms with Crippen molar-refractivity contribution in [2.24, 2.45) is 0 Å². The van der Waals surface area contributed by atoms with Crippen molar-refractivity contribution < 1.29 is 4.79 Å². The van der Waals surface area contributed by atoms with Crippen molar-refractivity contribution in [3.8, 4) is 0 Å². The summed E-state index contributed by atoms with van der Waals surface area (Å²) < 4.78 is 0. The highest BCUT2D eigenvalue weighted by Crippen LogP contribution is 2.24. The summed E-state index contributed by atoms with van der Waals surface area (Å²) in [5.74, 6) is 0.145. The largest absolute Gasteiger partial charge is 0.358 e. The summed E-state index contributed by atoms with van der Waals surface area (Å²) >= 11 is 0. The molecule has 1 aromatic rings. The third kappa shape index (κ3) is 2.48. The standard InChI is InChI=1S/C14H21N3O/c1-11(14(18)16(2)3)17-9-8-15-10-12-6-4-5-7-13(12)17/h4-7,11,15H,8-10H2,1-3H3. The fraction of sp³-hybridized carbons (Fsp3) is 0.500. The number of carbonyl (C=O) groups is 1. The summed E-state index contributed by atoms with van der Waals surface area (Å²) in [5, 5.41) is 3.39. The van der Waals surface area contributed by atoms with Crippen LogP contribution in [0.2, 0.25) is 0 Å². The number of benzene rings is 1. The van der Waals surface area contributed by atoms with Crippen molar-refractivity contribution in [2.75, 3.05) is 32.1 Å². The minimum atomic E-state index is -0.124. The minimum absolute atomic E-state index is 0.124. The molecule has 0 aliphatic carbocycles. The molecule has 0 radical (unpaired) electrons. The maximum atomic E-state index is 12.1. The van der Waals surface area contributed by atoms with E-state index in [0.29, 0.717) is 0 Å². The molecular weight excluding hydrogens is 226 g/mol. The van der Waals surface area contributed by atoms with Crippen molar-refractivity contribution in [2.45, 2.75) is 19.5 Å². The summed E-state index contributed by atoms with van der Waals surface area (Å²) in [6, 6.07) is 8.17. The topological polar surface area (TPSA) is 35.6 Å². The Morgan fingerprint density at radius 3 is 2.83 bits per heavy atom. The van der Waals surface area contributed by atoms with Gasteiger partial charge in [0.15, 0.2) is 0 Å². The van der Waals surface area contributed by atoms with Crippen LogP contribution in [0.1, 0.15) is 12.5 Å². The second-order valence-corrected chi connectivity index (χ2v) is 4.91. The molecule has 0 bridgehead atoms. The molecule has 1 heterocycles. The minimum Gasteiger partial charge on any atom is -0.358 e. The van der Waals surface area contributed by atoms with E-state index in [4.69, 9.17) is 0 Å². The van der Waals surface area contributed by atoms with Gasteiger partial charge >= 0.3 is 0 Å². The number of nitrogens with one attached hydrogen (secondary N) is 1. The molecule has 0 spiro atoms. The molecule has 1 aromatic carbocycles. The second kappa shape index (κ2) is 5.40.